The predicted molar refractivity (Wildman–Crippen MR) is 84.6 cm³/mol. The molecular formula is C18H25NO3. The van der Waals surface area contributed by atoms with Crippen LogP contribution in [0, 0.1) is 5.92 Å². The lowest BCUT2D eigenvalue weighted by atomic mass is 9.66. The van der Waals surface area contributed by atoms with Gasteiger partial charge in [-0.25, -0.2) is 0 Å². The molecule has 1 saturated carbocycles. The molecule has 1 heterocycles. The van der Waals surface area contributed by atoms with Crippen LogP contribution in [0.2, 0.25) is 0 Å². The Morgan fingerprint density at radius 3 is 2.82 bits per heavy atom. The Kier molecular flexibility index (Phi) is 4.13. The first kappa shape index (κ1) is 15.3. The third-order valence-corrected chi connectivity index (χ3v) is 5.43. The molecule has 0 unspecified atom stereocenters. The summed E-state index contributed by atoms with van der Waals surface area (Å²) in [5, 5.41) is 11.1. The van der Waals surface area contributed by atoms with E-state index in [1.54, 1.807) is 14.0 Å². The number of aliphatic hydroxyl groups is 1. The summed E-state index contributed by atoms with van der Waals surface area (Å²) in [6.45, 7) is 2.24. The van der Waals surface area contributed by atoms with Crippen LogP contribution < -0.4 is 4.74 Å². The van der Waals surface area contributed by atoms with Crippen molar-refractivity contribution < 1.29 is 14.6 Å². The van der Waals surface area contributed by atoms with Crippen molar-refractivity contribution in [3.63, 3.8) is 0 Å². The summed E-state index contributed by atoms with van der Waals surface area (Å²) in [4.78, 5) is 14.1. The Morgan fingerprint density at radius 2 is 2.09 bits per heavy atom. The standard InChI is InChI=1S/C18H25NO3/c1-13(20)19-12-11-18(21)10-6-5-8-15(18)17(19)14-7-3-4-9-16(14)22-2/h3-4,7,9,15,17,21H,5-6,8,10-12H2,1-2H3/t15-,17+,18+/m0/s1. The van der Waals surface area contributed by atoms with E-state index in [0.717, 1.165) is 37.0 Å². The number of carbonyl (C=O) groups excluding carboxylic acids is 1. The van der Waals surface area contributed by atoms with E-state index < -0.39 is 5.60 Å². The molecule has 2 fully saturated rings. The van der Waals surface area contributed by atoms with Gasteiger partial charge in [0, 0.05) is 24.9 Å². The molecule has 1 aliphatic heterocycles. The highest BCUT2D eigenvalue weighted by Crippen LogP contribution is 2.50. The van der Waals surface area contributed by atoms with Crippen molar-refractivity contribution in [2.75, 3.05) is 13.7 Å². The number of para-hydroxylation sites is 1. The molecule has 4 nitrogen and oxygen atoms in total. The van der Waals surface area contributed by atoms with Gasteiger partial charge in [0.15, 0.2) is 0 Å². The van der Waals surface area contributed by atoms with E-state index in [9.17, 15) is 9.90 Å². The monoisotopic (exact) mass is 303 g/mol. The summed E-state index contributed by atoms with van der Waals surface area (Å²) >= 11 is 0. The first-order chi connectivity index (χ1) is 10.6. The largest absolute Gasteiger partial charge is 0.496 e. The molecule has 0 aromatic heterocycles. The molecule has 0 spiro atoms. The lowest BCUT2D eigenvalue weighted by Gasteiger charge is -2.52. The number of benzene rings is 1. The zero-order chi connectivity index (χ0) is 15.7. The van der Waals surface area contributed by atoms with Crippen LogP contribution in [0.5, 0.6) is 5.75 Å². The minimum absolute atomic E-state index is 0.0727. The van der Waals surface area contributed by atoms with Crippen LogP contribution in [-0.2, 0) is 4.79 Å². The summed E-state index contributed by atoms with van der Waals surface area (Å²) in [5.41, 5.74) is 0.376. The smallest absolute Gasteiger partial charge is 0.219 e. The summed E-state index contributed by atoms with van der Waals surface area (Å²) in [6, 6.07) is 7.79. The Morgan fingerprint density at radius 1 is 1.32 bits per heavy atom. The number of hydrogen-bond acceptors (Lipinski definition) is 3. The van der Waals surface area contributed by atoms with Crippen LogP contribution in [0.4, 0.5) is 0 Å². The third kappa shape index (κ3) is 2.50. The normalized spacial score (nSPS) is 31.5. The van der Waals surface area contributed by atoms with Crippen LogP contribution in [0.25, 0.3) is 0 Å². The van der Waals surface area contributed by atoms with Gasteiger partial charge in [0.05, 0.1) is 18.8 Å². The SMILES string of the molecule is COc1ccccc1[C@@H]1[C@@H]2CCCC[C@@]2(O)CCN1C(C)=O. The molecule has 1 amide bonds. The van der Waals surface area contributed by atoms with Gasteiger partial charge in [-0.05, 0) is 25.3 Å². The van der Waals surface area contributed by atoms with E-state index in [1.807, 2.05) is 29.2 Å². The van der Waals surface area contributed by atoms with Gasteiger partial charge in [-0.15, -0.1) is 0 Å². The van der Waals surface area contributed by atoms with Crippen LogP contribution >= 0.6 is 0 Å². The molecule has 2 aliphatic rings. The van der Waals surface area contributed by atoms with Gasteiger partial charge >= 0.3 is 0 Å². The second-order valence-corrected chi connectivity index (χ2v) is 6.61. The van der Waals surface area contributed by atoms with Crippen molar-refractivity contribution in [1.82, 2.24) is 4.90 Å². The van der Waals surface area contributed by atoms with Crippen molar-refractivity contribution >= 4 is 5.91 Å². The maximum absolute atomic E-state index is 12.2. The molecule has 3 rings (SSSR count). The minimum Gasteiger partial charge on any atom is -0.496 e. The second kappa shape index (κ2) is 5.92. The number of piperidine rings is 1. The van der Waals surface area contributed by atoms with Crippen LogP contribution in [0.15, 0.2) is 24.3 Å². The third-order valence-electron chi connectivity index (χ3n) is 5.43. The number of likely N-dealkylation sites (tertiary alicyclic amines) is 1. The predicted octanol–water partition coefficient (Wildman–Crippen LogP) is 2.91. The number of hydrogen-bond donors (Lipinski definition) is 1. The minimum atomic E-state index is -0.643. The molecule has 1 saturated heterocycles. The first-order valence-corrected chi connectivity index (χ1v) is 8.19. The second-order valence-electron chi connectivity index (χ2n) is 6.61. The molecule has 0 radical (unpaired) electrons. The van der Waals surface area contributed by atoms with E-state index in [1.165, 1.54) is 0 Å². The van der Waals surface area contributed by atoms with E-state index in [0.29, 0.717) is 13.0 Å². The quantitative estimate of drug-likeness (QED) is 0.914. The lowest BCUT2D eigenvalue weighted by Crippen LogP contribution is -2.55. The zero-order valence-electron chi connectivity index (χ0n) is 13.4. The Hall–Kier alpha value is -1.55. The zero-order valence-corrected chi connectivity index (χ0v) is 13.4. The molecule has 1 N–H and O–H groups in total. The van der Waals surface area contributed by atoms with Gasteiger partial charge < -0.3 is 14.7 Å². The van der Waals surface area contributed by atoms with Crippen LogP contribution in [0.3, 0.4) is 0 Å². The van der Waals surface area contributed by atoms with E-state index in [-0.39, 0.29) is 17.9 Å². The average molecular weight is 303 g/mol. The molecule has 0 bridgehead atoms. The van der Waals surface area contributed by atoms with Gasteiger partial charge in [-0.3, -0.25) is 4.79 Å². The number of methoxy groups -OCH3 is 1. The molecule has 3 atom stereocenters. The maximum Gasteiger partial charge on any atom is 0.219 e. The van der Waals surface area contributed by atoms with Crippen molar-refractivity contribution in [3.8, 4) is 5.75 Å². The number of carbonyl (C=O) groups is 1. The molecular weight excluding hydrogens is 278 g/mol. The number of rotatable bonds is 2. The van der Waals surface area contributed by atoms with Crippen molar-refractivity contribution in [1.29, 1.82) is 0 Å². The fourth-order valence-electron chi connectivity index (χ4n) is 4.33. The van der Waals surface area contributed by atoms with Gasteiger partial charge in [-0.1, -0.05) is 31.0 Å². The van der Waals surface area contributed by atoms with Gasteiger partial charge in [0.25, 0.3) is 0 Å². The molecule has 1 aliphatic carbocycles. The first-order valence-electron chi connectivity index (χ1n) is 8.19. The van der Waals surface area contributed by atoms with Crippen molar-refractivity contribution in [3.05, 3.63) is 29.8 Å². The highest BCUT2D eigenvalue weighted by molar-refractivity contribution is 5.74. The maximum atomic E-state index is 12.2. The number of nitrogens with zero attached hydrogens (tertiary/aromatic N) is 1. The topological polar surface area (TPSA) is 49.8 Å². The lowest BCUT2D eigenvalue weighted by molar-refractivity contribution is -0.153. The molecule has 1 aromatic rings. The van der Waals surface area contributed by atoms with Gasteiger partial charge in [0.2, 0.25) is 5.91 Å². The summed E-state index contributed by atoms with van der Waals surface area (Å²) in [5.74, 6) is 0.965. The number of ether oxygens (including phenoxy) is 1. The van der Waals surface area contributed by atoms with Gasteiger partial charge in [0.1, 0.15) is 5.75 Å². The molecule has 22 heavy (non-hydrogen) atoms. The highest BCUT2D eigenvalue weighted by Gasteiger charge is 2.50. The van der Waals surface area contributed by atoms with Crippen molar-refractivity contribution in [2.24, 2.45) is 5.92 Å². The summed E-state index contributed by atoms with van der Waals surface area (Å²) in [7, 11) is 1.66. The highest BCUT2D eigenvalue weighted by atomic mass is 16.5. The number of amides is 1. The van der Waals surface area contributed by atoms with E-state index >= 15 is 0 Å². The Bertz CT molecular complexity index is 559. The Labute approximate surface area is 132 Å². The van der Waals surface area contributed by atoms with Gasteiger partial charge in [-0.2, -0.15) is 0 Å². The summed E-state index contributed by atoms with van der Waals surface area (Å²) < 4.78 is 5.52. The fraction of sp³-hybridized carbons (Fsp3) is 0.611. The van der Waals surface area contributed by atoms with E-state index in [4.69, 9.17) is 4.74 Å². The fourth-order valence-corrected chi connectivity index (χ4v) is 4.33. The summed E-state index contributed by atoms with van der Waals surface area (Å²) in [6.07, 6.45) is 4.68. The molecule has 1 aromatic carbocycles. The van der Waals surface area contributed by atoms with Crippen LogP contribution in [0.1, 0.15) is 50.6 Å². The molecule has 4 heteroatoms. The number of fused-ring (bicyclic) bond motifs is 1. The Balaban J connectivity index is 2.06. The van der Waals surface area contributed by atoms with Crippen LogP contribution in [-0.4, -0.2) is 35.2 Å². The van der Waals surface area contributed by atoms with Crippen molar-refractivity contribution in [2.45, 2.75) is 50.7 Å². The van der Waals surface area contributed by atoms with E-state index in [2.05, 4.69) is 0 Å². The molecule has 120 valence electrons. The average Bonchev–Trinajstić information content (AvgIpc) is 2.53.